The molecule has 0 radical (unpaired) electrons. The van der Waals surface area contributed by atoms with E-state index in [1.54, 1.807) is 62.5 Å². The van der Waals surface area contributed by atoms with E-state index < -0.39 is 29.2 Å². The summed E-state index contributed by atoms with van der Waals surface area (Å²) in [6.45, 7) is 3.48. The predicted molar refractivity (Wildman–Crippen MR) is 126 cm³/mol. The molecule has 1 aliphatic heterocycles. The van der Waals surface area contributed by atoms with Crippen LogP contribution in [0.4, 0.5) is 0 Å². The first kappa shape index (κ1) is 22.8. The van der Waals surface area contributed by atoms with Crippen LogP contribution in [0.1, 0.15) is 31.1 Å². The predicted octanol–water partition coefficient (Wildman–Crippen LogP) is 2.53. The number of H-pyrrole nitrogens is 1. The second-order valence-corrected chi connectivity index (χ2v) is 7.39. The average molecular weight is 461 g/mol. The summed E-state index contributed by atoms with van der Waals surface area (Å²) in [5, 5.41) is 3.12. The van der Waals surface area contributed by atoms with Gasteiger partial charge in [0, 0.05) is 11.8 Å². The van der Waals surface area contributed by atoms with Crippen molar-refractivity contribution in [2.45, 2.75) is 20.0 Å². The second kappa shape index (κ2) is 9.62. The van der Waals surface area contributed by atoms with Gasteiger partial charge in [-0.25, -0.2) is 14.3 Å². The minimum Gasteiger partial charge on any atom is -0.463 e. The van der Waals surface area contributed by atoms with Crippen molar-refractivity contribution in [2.24, 2.45) is 0 Å². The third kappa shape index (κ3) is 4.15. The lowest BCUT2D eigenvalue weighted by Crippen LogP contribution is -2.42. The number of aromatic amines is 1. The van der Waals surface area contributed by atoms with Gasteiger partial charge in [-0.15, -0.1) is 0 Å². The Morgan fingerprint density at radius 1 is 0.971 bits per heavy atom. The fourth-order valence-electron chi connectivity index (χ4n) is 3.89. The first-order valence-corrected chi connectivity index (χ1v) is 10.8. The Hall–Kier alpha value is -4.40. The molecule has 2 aromatic carbocycles. The van der Waals surface area contributed by atoms with Crippen molar-refractivity contribution >= 4 is 28.8 Å². The van der Waals surface area contributed by atoms with Crippen molar-refractivity contribution in [3.63, 3.8) is 0 Å². The lowest BCUT2D eigenvalue weighted by Gasteiger charge is -2.35. The fraction of sp³-hybridized carbons (Fsp3) is 0.200. The number of fused-ring (bicyclic) bond motifs is 2. The lowest BCUT2D eigenvalue weighted by atomic mass is 10.00. The lowest BCUT2D eigenvalue weighted by molar-refractivity contribution is -0.142. The van der Waals surface area contributed by atoms with E-state index in [9.17, 15) is 19.2 Å². The van der Waals surface area contributed by atoms with E-state index in [0.717, 1.165) is 16.3 Å². The monoisotopic (exact) mass is 461 g/mol. The highest BCUT2D eigenvalue weighted by Gasteiger charge is 2.33. The molecule has 0 saturated heterocycles. The largest absolute Gasteiger partial charge is 0.463 e. The number of esters is 2. The Kier molecular flexibility index (Phi) is 6.44. The Bertz CT molecular complexity index is 1430. The molecule has 1 aromatic heterocycles. The zero-order valence-corrected chi connectivity index (χ0v) is 18.7. The highest BCUT2D eigenvalue weighted by Crippen LogP contribution is 2.33. The number of hydrogen-bond acceptors (Lipinski definition) is 7. The third-order valence-electron chi connectivity index (χ3n) is 5.34. The number of rotatable bonds is 6. The van der Waals surface area contributed by atoms with E-state index in [4.69, 9.17) is 9.47 Å². The van der Waals surface area contributed by atoms with Crippen molar-refractivity contribution in [1.82, 2.24) is 14.7 Å². The maximum atomic E-state index is 13.5. The zero-order chi connectivity index (χ0) is 24.2. The number of ether oxygens (including phenoxy) is 2. The van der Waals surface area contributed by atoms with Crippen LogP contribution in [0.15, 0.2) is 76.1 Å². The van der Waals surface area contributed by atoms with Gasteiger partial charge in [-0.3, -0.25) is 14.7 Å². The van der Waals surface area contributed by atoms with Crippen molar-refractivity contribution in [3.05, 3.63) is 98.3 Å². The molecule has 34 heavy (non-hydrogen) atoms. The van der Waals surface area contributed by atoms with Gasteiger partial charge in [0.2, 0.25) is 0 Å². The van der Waals surface area contributed by atoms with Crippen LogP contribution >= 0.6 is 0 Å². The molecule has 0 saturated carbocycles. The summed E-state index contributed by atoms with van der Waals surface area (Å²) in [7, 11) is 0. The van der Waals surface area contributed by atoms with Crippen LogP contribution in [0.5, 0.6) is 0 Å². The molecule has 1 atom stereocenters. The van der Waals surface area contributed by atoms with Crippen LogP contribution in [0.3, 0.4) is 0 Å². The normalized spacial score (nSPS) is 15.2. The van der Waals surface area contributed by atoms with Gasteiger partial charge in [0.1, 0.15) is 5.70 Å². The van der Waals surface area contributed by atoms with Crippen LogP contribution in [-0.4, -0.2) is 39.8 Å². The van der Waals surface area contributed by atoms with Crippen molar-refractivity contribution in [3.8, 4) is 0 Å². The second-order valence-electron chi connectivity index (χ2n) is 7.39. The number of carbonyl (C=O) groups is 2. The van der Waals surface area contributed by atoms with Crippen molar-refractivity contribution in [1.29, 1.82) is 0 Å². The molecule has 9 nitrogen and oxygen atoms in total. The SMILES string of the molecule is CCOC(=O)/C=C(\C(=O)OCC)N1C=Cc2ccccc2C1n1[nH]c(=O)c2ccccc2c1=O. The summed E-state index contributed by atoms with van der Waals surface area (Å²) >= 11 is 0. The molecule has 3 aromatic rings. The average Bonchev–Trinajstić information content (AvgIpc) is 2.84. The van der Waals surface area contributed by atoms with Gasteiger partial charge in [-0.05, 0) is 37.6 Å². The molecule has 1 N–H and O–H groups in total. The van der Waals surface area contributed by atoms with E-state index in [2.05, 4.69) is 5.10 Å². The smallest absolute Gasteiger partial charge is 0.355 e. The Labute approximate surface area is 194 Å². The summed E-state index contributed by atoms with van der Waals surface area (Å²) in [5.74, 6) is -1.52. The van der Waals surface area contributed by atoms with E-state index in [1.165, 1.54) is 4.90 Å². The molecule has 9 heteroatoms. The minimum absolute atomic E-state index is 0.0740. The van der Waals surface area contributed by atoms with Gasteiger partial charge in [-0.2, -0.15) is 0 Å². The summed E-state index contributed by atoms with van der Waals surface area (Å²) in [6.07, 6.45) is 3.36. The van der Waals surface area contributed by atoms with Crippen LogP contribution in [-0.2, 0) is 19.1 Å². The summed E-state index contributed by atoms with van der Waals surface area (Å²) in [4.78, 5) is 53.0. The highest BCUT2D eigenvalue weighted by molar-refractivity contribution is 5.96. The number of nitrogens with one attached hydrogen (secondary N) is 1. The molecule has 0 aliphatic carbocycles. The molecule has 4 rings (SSSR count). The summed E-state index contributed by atoms with van der Waals surface area (Å²) in [5.41, 5.74) is 0.349. The molecule has 1 unspecified atom stereocenters. The number of aromatic nitrogens is 2. The van der Waals surface area contributed by atoms with Gasteiger partial charge in [0.05, 0.1) is 30.1 Å². The quantitative estimate of drug-likeness (QED) is 0.444. The first-order valence-electron chi connectivity index (χ1n) is 10.8. The number of nitrogens with zero attached hydrogens (tertiary/aromatic N) is 2. The van der Waals surface area contributed by atoms with E-state index in [0.29, 0.717) is 5.56 Å². The minimum atomic E-state index is -0.976. The summed E-state index contributed by atoms with van der Waals surface area (Å²) < 4.78 is 11.3. The standard InChI is InChI=1S/C25H23N3O6/c1-3-33-21(29)15-20(25(32)34-4-2)27-14-13-16-9-5-6-10-17(16)23(27)28-24(31)19-12-8-7-11-18(19)22(30)26-28/h5-15,23H,3-4H2,1-2H3,(H,26,30)/b20-15+. The van der Waals surface area contributed by atoms with Crippen molar-refractivity contribution in [2.75, 3.05) is 13.2 Å². The van der Waals surface area contributed by atoms with Crippen LogP contribution < -0.4 is 11.1 Å². The molecule has 2 heterocycles. The van der Waals surface area contributed by atoms with Gasteiger partial charge in [0.25, 0.3) is 11.1 Å². The van der Waals surface area contributed by atoms with E-state index in [1.807, 2.05) is 12.1 Å². The molecule has 1 aliphatic rings. The maximum Gasteiger partial charge on any atom is 0.355 e. The fourth-order valence-corrected chi connectivity index (χ4v) is 3.89. The van der Waals surface area contributed by atoms with Crippen LogP contribution in [0, 0.1) is 0 Å². The molecule has 0 bridgehead atoms. The van der Waals surface area contributed by atoms with E-state index in [-0.39, 0.29) is 29.7 Å². The Morgan fingerprint density at radius 3 is 2.38 bits per heavy atom. The van der Waals surface area contributed by atoms with Gasteiger partial charge in [0.15, 0.2) is 6.17 Å². The molecule has 174 valence electrons. The molecular formula is C25H23N3O6. The summed E-state index contributed by atoms with van der Waals surface area (Å²) in [6, 6.07) is 13.7. The molecule has 0 amide bonds. The number of hydrogen-bond donors (Lipinski definition) is 1. The Balaban J connectivity index is 1.98. The zero-order valence-electron chi connectivity index (χ0n) is 18.7. The topological polar surface area (TPSA) is 111 Å². The first-order chi connectivity index (χ1) is 16.5. The van der Waals surface area contributed by atoms with Gasteiger partial charge in [-0.1, -0.05) is 36.4 Å². The maximum absolute atomic E-state index is 13.5. The van der Waals surface area contributed by atoms with Crippen LogP contribution in [0.2, 0.25) is 0 Å². The molecule has 0 fully saturated rings. The van der Waals surface area contributed by atoms with Crippen molar-refractivity contribution < 1.29 is 19.1 Å². The van der Waals surface area contributed by atoms with E-state index >= 15 is 0 Å². The number of carbonyl (C=O) groups excluding carboxylic acids is 2. The molecule has 0 spiro atoms. The highest BCUT2D eigenvalue weighted by atomic mass is 16.5. The molecular weight excluding hydrogens is 438 g/mol. The van der Waals surface area contributed by atoms with Gasteiger partial charge >= 0.3 is 11.9 Å². The third-order valence-corrected chi connectivity index (χ3v) is 5.34. The van der Waals surface area contributed by atoms with Gasteiger partial charge < -0.3 is 14.4 Å². The van der Waals surface area contributed by atoms with Crippen LogP contribution in [0.25, 0.3) is 16.8 Å². The number of benzene rings is 2. The Morgan fingerprint density at radius 2 is 1.65 bits per heavy atom.